The number of aryl methyl sites for hydroxylation is 1. The molecule has 5 heteroatoms. The number of carbonyl (C=O) groups is 2. The van der Waals surface area contributed by atoms with Gasteiger partial charge in [-0.15, -0.1) is 0 Å². The first-order valence-electron chi connectivity index (χ1n) is 10.5. The van der Waals surface area contributed by atoms with Crippen molar-refractivity contribution in [3.8, 4) is 0 Å². The van der Waals surface area contributed by atoms with Gasteiger partial charge in [0.05, 0.1) is 11.2 Å². The van der Waals surface area contributed by atoms with Crippen molar-refractivity contribution in [1.82, 2.24) is 9.88 Å². The zero-order valence-electron chi connectivity index (χ0n) is 17.7. The second kappa shape index (κ2) is 8.27. The second-order valence-electron chi connectivity index (χ2n) is 8.33. The van der Waals surface area contributed by atoms with Crippen LogP contribution in [0.4, 0.5) is 11.4 Å². The van der Waals surface area contributed by atoms with Crippen LogP contribution >= 0.6 is 0 Å². The molecule has 1 aliphatic rings. The number of nitrogens with one attached hydrogen (secondary N) is 1. The van der Waals surface area contributed by atoms with E-state index in [4.69, 9.17) is 0 Å². The smallest absolute Gasteiger partial charge is 0.272 e. The predicted molar refractivity (Wildman–Crippen MR) is 121 cm³/mol. The molecule has 3 aromatic rings. The standard InChI is InChI=1S/C25H27N3O2/c1-16-6-11-22-21(13-16)23(26-20-9-7-19(8-10-20)18(3)29)14-24(27-22)25(30)28-12-4-5-17(2)15-28/h6-11,13-14,17H,4-5,12,15H2,1-3H3,(H,26,27)/t17-/m0/s1. The van der Waals surface area contributed by atoms with Gasteiger partial charge in [0.25, 0.3) is 5.91 Å². The van der Waals surface area contributed by atoms with E-state index in [2.05, 4.69) is 23.3 Å². The van der Waals surface area contributed by atoms with Gasteiger partial charge in [0, 0.05) is 29.7 Å². The van der Waals surface area contributed by atoms with Crippen molar-refractivity contribution in [2.75, 3.05) is 18.4 Å². The number of piperidine rings is 1. The first-order chi connectivity index (χ1) is 14.4. The number of hydrogen-bond acceptors (Lipinski definition) is 4. The summed E-state index contributed by atoms with van der Waals surface area (Å²) in [5, 5.41) is 4.39. The fourth-order valence-electron chi connectivity index (χ4n) is 4.03. The van der Waals surface area contributed by atoms with Crippen LogP contribution in [0.3, 0.4) is 0 Å². The van der Waals surface area contributed by atoms with Crippen molar-refractivity contribution in [3.05, 3.63) is 65.4 Å². The lowest BCUT2D eigenvalue weighted by molar-refractivity contribution is 0.0677. The van der Waals surface area contributed by atoms with Gasteiger partial charge < -0.3 is 10.2 Å². The van der Waals surface area contributed by atoms with Crippen LogP contribution in [-0.2, 0) is 0 Å². The molecule has 0 spiro atoms. The van der Waals surface area contributed by atoms with E-state index in [1.54, 1.807) is 19.1 Å². The Labute approximate surface area is 177 Å². The number of likely N-dealkylation sites (tertiary alicyclic amines) is 1. The monoisotopic (exact) mass is 401 g/mol. The Morgan fingerprint density at radius 2 is 1.87 bits per heavy atom. The van der Waals surface area contributed by atoms with Gasteiger partial charge in [0.1, 0.15) is 5.69 Å². The van der Waals surface area contributed by atoms with E-state index in [1.165, 1.54) is 0 Å². The summed E-state index contributed by atoms with van der Waals surface area (Å²) < 4.78 is 0. The molecule has 1 aromatic heterocycles. The van der Waals surface area contributed by atoms with Crippen molar-refractivity contribution in [3.63, 3.8) is 0 Å². The molecule has 1 aliphatic heterocycles. The first kappa shape index (κ1) is 20.1. The number of amides is 1. The van der Waals surface area contributed by atoms with Gasteiger partial charge in [-0.05, 0) is 75.1 Å². The van der Waals surface area contributed by atoms with Gasteiger partial charge in [0.2, 0.25) is 0 Å². The van der Waals surface area contributed by atoms with E-state index in [0.717, 1.165) is 53.8 Å². The van der Waals surface area contributed by atoms with Crippen LogP contribution in [0, 0.1) is 12.8 Å². The van der Waals surface area contributed by atoms with Crippen LogP contribution in [0.1, 0.15) is 53.1 Å². The number of pyridine rings is 1. The first-order valence-corrected chi connectivity index (χ1v) is 10.5. The number of Topliss-reactive ketones (excluding diaryl/α,β-unsaturated/α-hetero) is 1. The van der Waals surface area contributed by atoms with Crippen LogP contribution in [0.2, 0.25) is 0 Å². The van der Waals surface area contributed by atoms with E-state index in [1.807, 2.05) is 42.2 Å². The van der Waals surface area contributed by atoms with E-state index >= 15 is 0 Å². The maximum atomic E-state index is 13.2. The number of nitrogens with zero attached hydrogens (tertiary/aromatic N) is 2. The molecule has 0 aliphatic carbocycles. The topological polar surface area (TPSA) is 62.3 Å². The fraction of sp³-hybridized carbons (Fsp3) is 0.320. The molecular formula is C25H27N3O2. The van der Waals surface area contributed by atoms with Crippen LogP contribution in [0.25, 0.3) is 10.9 Å². The highest BCUT2D eigenvalue weighted by molar-refractivity contribution is 6.01. The molecule has 2 aromatic carbocycles. The van der Waals surface area contributed by atoms with Crippen molar-refractivity contribution in [2.45, 2.75) is 33.6 Å². The molecule has 2 heterocycles. The van der Waals surface area contributed by atoms with Crippen LogP contribution in [0.15, 0.2) is 48.5 Å². The molecule has 1 amide bonds. The van der Waals surface area contributed by atoms with E-state index in [9.17, 15) is 9.59 Å². The average molecular weight is 402 g/mol. The van der Waals surface area contributed by atoms with Crippen LogP contribution < -0.4 is 5.32 Å². The van der Waals surface area contributed by atoms with Gasteiger partial charge in [-0.25, -0.2) is 4.98 Å². The summed E-state index contributed by atoms with van der Waals surface area (Å²) in [6.45, 7) is 7.35. The van der Waals surface area contributed by atoms with E-state index < -0.39 is 0 Å². The number of fused-ring (bicyclic) bond motifs is 1. The van der Waals surface area contributed by atoms with Gasteiger partial charge in [-0.1, -0.05) is 18.6 Å². The molecule has 5 nitrogen and oxygen atoms in total. The Balaban J connectivity index is 1.72. The molecule has 1 saturated heterocycles. The predicted octanol–water partition coefficient (Wildman–Crippen LogP) is 5.36. The zero-order valence-corrected chi connectivity index (χ0v) is 17.7. The quantitative estimate of drug-likeness (QED) is 0.598. The molecule has 154 valence electrons. The minimum absolute atomic E-state index is 0.0148. The molecule has 4 rings (SSSR count). The zero-order chi connectivity index (χ0) is 21.3. The number of anilines is 2. The van der Waals surface area contributed by atoms with Crippen molar-refractivity contribution < 1.29 is 9.59 Å². The molecule has 0 saturated carbocycles. The molecule has 0 radical (unpaired) electrons. The van der Waals surface area contributed by atoms with Gasteiger partial charge in [-0.2, -0.15) is 0 Å². The molecule has 0 unspecified atom stereocenters. The number of rotatable bonds is 4. The van der Waals surface area contributed by atoms with E-state index in [0.29, 0.717) is 17.2 Å². The lowest BCUT2D eigenvalue weighted by Gasteiger charge is -2.30. The Morgan fingerprint density at radius 3 is 2.57 bits per heavy atom. The molecular weight excluding hydrogens is 374 g/mol. The van der Waals surface area contributed by atoms with Gasteiger partial charge >= 0.3 is 0 Å². The summed E-state index contributed by atoms with van der Waals surface area (Å²) in [6.07, 6.45) is 2.20. The second-order valence-corrected chi connectivity index (χ2v) is 8.33. The molecule has 30 heavy (non-hydrogen) atoms. The van der Waals surface area contributed by atoms with Crippen molar-refractivity contribution in [2.24, 2.45) is 5.92 Å². The number of hydrogen-bond donors (Lipinski definition) is 1. The lowest BCUT2D eigenvalue weighted by atomic mass is 10.00. The highest BCUT2D eigenvalue weighted by Gasteiger charge is 2.24. The third-order valence-electron chi connectivity index (χ3n) is 5.70. The number of aromatic nitrogens is 1. The fourth-order valence-corrected chi connectivity index (χ4v) is 4.03. The Bertz CT molecular complexity index is 1110. The molecule has 1 fully saturated rings. The van der Waals surface area contributed by atoms with Crippen LogP contribution in [0.5, 0.6) is 0 Å². The van der Waals surface area contributed by atoms with E-state index in [-0.39, 0.29) is 11.7 Å². The Kier molecular flexibility index (Phi) is 5.53. The number of benzene rings is 2. The Morgan fingerprint density at radius 1 is 1.10 bits per heavy atom. The maximum Gasteiger partial charge on any atom is 0.272 e. The molecule has 1 atom stereocenters. The minimum Gasteiger partial charge on any atom is -0.355 e. The number of ketones is 1. The van der Waals surface area contributed by atoms with Gasteiger partial charge in [0.15, 0.2) is 5.78 Å². The van der Waals surface area contributed by atoms with Gasteiger partial charge in [-0.3, -0.25) is 9.59 Å². The summed E-state index contributed by atoms with van der Waals surface area (Å²) in [4.78, 5) is 31.3. The SMILES string of the molecule is CC(=O)c1ccc(Nc2cc(C(=O)N3CCC[C@H](C)C3)nc3ccc(C)cc23)cc1. The third-order valence-corrected chi connectivity index (χ3v) is 5.70. The molecule has 0 bridgehead atoms. The lowest BCUT2D eigenvalue weighted by Crippen LogP contribution is -2.39. The van der Waals surface area contributed by atoms with Crippen molar-refractivity contribution in [1.29, 1.82) is 0 Å². The maximum absolute atomic E-state index is 13.2. The largest absolute Gasteiger partial charge is 0.355 e. The highest BCUT2D eigenvalue weighted by atomic mass is 16.2. The summed E-state index contributed by atoms with van der Waals surface area (Å²) in [5.74, 6) is 0.539. The van der Waals surface area contributed by atoms with Crippen LogP contribution in [-0.4, -0.2) is 34.7 Å². The summed E-state index contributed by atoms with van der Waals surface area (Å²) in [7, 11) is 0. The molecule has 1 N–H and O–H groups in total. The minimum atomic E-state index is -0.0148. The van der Waals surface area contributed by atoms with Crippen molar-refractivity contribution >= 4 is 34.0 Å². The highest BCUT2D eigenvalue weighted by Crippen LogP contribution is 2.29. The summed E-state index contributed by atoms with van der Waals surface area (Å²) in [5.41, 5.74) is 4.75. The number of carbonyl (C=O) groups excluding carboxylic acids is 2. The Hall–Kier alpha value is -3.21. The summed E-state index contributed by atoms with van der Waals surface area (Å²) >= 11 is 0. The third kappa shape index (κ3) is 4.20. The average Bonchev–Trinajstić information content (AvgIpc) is 2.73. The normalized spacial score (nSPS) is 16.5. The summed E-state index contributed by atoms with van der Waals surface area (Å²) in [6, 6.07) is 15.3.